The van der Waals surface area contributed by atoms with E-state index in [-0.39, 0.29) is 12.2 Å². The third-order valence-corrected chi connectivity index (χ3v) is 3.86. The molecule has 0 aliphatic rings. The first kappa shape index (κ1) is 18.2. The van der Waals surface area contributed by atoms with Gasteiger partial charge < -0.3 is 14.7 Å². The molecule has 0 bridgehead atoms. The van der Waals surface area contributed by atoms with Crippen LogP contribution < -0.4 is 4.74 Å². The van der Waals surface area contributed by atoms with Crippen LogP contribution in [-0.2, 0) is 18.5 Å². The van der Waals surface area contributed by atoms with Gasteiger partial charge in [0, 0.05) is 7.05 Å². The van der Waals surface area contributed by atoms with Gasteiger partial charge in [-0.2, -0.15) is 5.10 Å². The van der Waals surface area contributed by atoms with Crippen LogP contribution in [0.15, 0.2) is 59.8 Å². The van der Waals surface area contributed by atoms with Crippen LogP contribution in [0.5, 0.6) is 11.6 Å². The Bertz CT molecular complexity index is 947. The zero-order valence-corrected chi connectivity index (χ0v) is 15.0. The number of para-hydroxylation sites is 1. The number of aromatic carboxylic acids is 1. The Morgan fingerprint density at radius 2 is 1.89 bits per heavy atom. The van der Waals surface area contributed by atoms with Gasteiger partial charge in [-0.05, 0) is 36.8 Å². The van der Waals surface area contributed by atoms with Gasteiger partial charge in [0.1, 0.15) is 12.4 Å². The van der Waals surface area contributed by atoms with Crippen molar-refractivity contribution in [1.29, 1.82) is 0 Å². The summed E-state index contributed by atoms with van der Waals surface area (Å²) in [5.74, 6) is 0.310. The first-order valence-electron chi connectivity index (χ1n) is 8.28. The van der Waals surface area contributed by atoms with Gasteiger partial charge >= 0.3 is 5.97 Å². The van der Waals surface area contributed by atoms with Crippen LogP contribution in [0.25, 0.3) is 0 Å². The van der Waals surface area contributed by atoms with Crippen LogP contribution in [0, 0.1) is 6.92 Å². The summed E-state index contributed by atoms with van der Waals surface area (Å²) in [5, 5.41) is 17.3. The van der Waals surface area contributed by atoms with Crippen LogP contribution in [-0.4, -0.2) is 27.1 Å². The lowest BCUT2D eigenvalue weighted by molar-refractivity contribution is 0.0696. The van der Waals surface area contributed by atoms with Crippen molar-refractivity contribution in [2.75, 3.05) is 0 Å². The Kier molecular flexibility index (Phi) is 5.51. The Labute approximate surface area is 156 Å². The zero-order chi connectivity index (χ0) is 19.2. The fraction of sp³-hybridized carbons (Fsp3) is 0.150. The summed E-state index contributed by atoms with van der Waals surface area (Å²) in [6.07, 6.45) is 1.56. The smallest absolute Gasteiger partial charge is 0.335 e. The molecular weight excluding hydrogens is 346 g/mol. The molecule has 0 saturated carbocycles. The molecule has 0 aliphatic heterocycles. The van der Waals surface area contributed by atoms with E-state index < -0.39 is 5.97 Å². The predicted molar refractivity (Wildman–Crippen MR) is 100 cm³/mol. The highest BCUT2D eigenvalue weighted by Crippen LogP contribution is 2.25. The van der Waals surface area contributed by atoms with E-state index in [1.165, 1.54) is 12.1 Å². The molecule has 0 aliphatic carbocycles. The van der Waals surface area contributed by atoms with Crippen LogP contribution in [0.3, 0.4) is 0 Å². The molecular formula is C20H19N3O4. The Morgan fingerprint density at radius 1 is 1.19 bits per heavy atom. The fourth-order valence-corrected chi connectivity index (χ4v) is 2.47. The number of oxime groups is 1. The second kappa shape index (κ2) is 8.18. The number of ether oxygens (including phenoxy) is 1. The number of carboxylic acid groups (broad SMARTS) is 1. The molecule has 2 aromatic carbocycles. The molecule has 27 heavy (non-hydrogen) atoms. The van der Waals surface area contributed by atoms with Crippen molar-refractivity contribution in [1.82, 2.24) is 9.78 Å². The van der Waals surface area contributed by atoms with Gasteiger partial charge in [-0.25, -0.2) is 9.48 Å². The first-order valence-corrected chi connectivity index (χ1v) is 8.28. The van der Waals surface area contributed by atoms with Crippen molar-refractivity contribution >= 4 is 12.2 Å². The molecule has 1 heterocycles. The molecule has 0 saturated heterocycles. The van der Waals surface area contributed by atoms with Gasteiger partial charge in [0.05, 0.1) is 23.0 Å². The highest BCUT2D eigenvalue weighted by atomic mass is 16.6. The van der Waals surface area contributed by atoms with Crippen molar-refractivity contribution in [3.63, 3.8) is 0 Å². The third kappa shape index (κ3) is 4.52. The number of carboxylic acids is 1. The number of hydrogen-bond donors (Lipinski definition) is 1. The van der Waals surface area contributed by atoms with Gasteiger partial charge in [0.2, 0.25) is 5.88 Å². The standard InChI is InChI=1S/C20H19N3O4/c1-14-18(19(23(2)22-14)27-17-6-4-3-5-7-17)12-21-26-13-15-8-10-16(11-9-15)20(24)25/h3-12H,13H2,1-2H3,(H,24,25)/b21-12-. The number of aromatic nitrogens is 2. The Morgan fingerprint density at radius 3 is 2.56 bits per heavy atom. The zero-order valence-electron chi connectivity index (χ0n) is 15.0. The third-order valence-electron chi connectivity index (χ3n) is 3.86. The summed E-state index contributed by atoms with van der Waals surface area (Å²) in [6.45, 7) is 2.09. The van der Waals surface area contributed by atoms with E-state index in [0.717, 1.165) is 16.8 Å². The summed E-state index contributed by atoms with van der Waals surface area (Å²) in [6, 6.07) is 15.9. The molecule has 1 aromatic heterocycles. The summed E-state index contributed by atoms with van der Waals surface area (Å²) in [7, 11) is 1.80. The minimum Gasteiger partial charge on any atom is -0.478 e. The summed E-state index contributed by atoms with van der Waals surface area (Å²) in [5.41, 5.74) is 2.54. The van der Waals surface area contributed by atoms with Gasteiger partial charge in [0.15, 0.2) is 0 Å². The number of nitrogens with zero attached hydrogens (tertiary/aromatic N) is 3. The van der Waals surface area contributed by atoms with E-state index in [4.69, 9.17) is 14.7 Å². The normalized spacial score (nSPS) is 10.9. The molecule has 1 N–H and O–H groups in total. The fourth-order valence-electron chi connectivity index (χ4n) is 2.47. The first-order chi connectivity index (χ1) is 13.0. The monoisotopic (exact) mass is 365 g/mol. The highest BCUT2D eigenvalue weighted by Gasteiger charge is 2.14. The molecule has 7 heteroatoms. The number of rotatable bonds is 7. The molecule has 0 unspecified atom stereocenters. The number of hydrogen-bond acceptors (Lipinski definition) is 5. The van der Waals surface area contributed by atoms with Crippen molar-refractivity contribution in [2.24, 2.45) is 12.2 Å². The van der Waals surface area contributed by atoms with Crippen molar-refractivity contribution in [3.05, 3.63) is 77.0 Å². The Hall–Kier alpha value is -3.61. The SMILES string of the molecule is Cc1nn(C)c(Oc2ccccc2)c1/C=N\OCc1ccc(C(=O)O)cc1. The quantitative estimate of drug-likeness (QED) is 0.509. The van der Waals surface area contributed by atoms with E-state index in [1.807, 2.05) is 37.3 Å². The average molecular weight is 365 g/mol. The molecule has 0 radical (unpaired) electrons. The van der Waals surface area contributed by atoms with Crippen molar-refractivity contribution in [3.8, 4) is 11.6 Å². The summed E-state index contributed by atoms with van der Waals surface area (Å²) in [4.78, 5) is 16.2. The second-order valence-corrected chi connectivity index (χ2v) is 5.85. The van der Waals surface area contributed by atoms with Gasteiger partial charge in [-0.3, -0.25) is 0 Å². The lowest BCUT2D eigenvalue weighted by Crippen LogP contribution is -1.97. The van der Waals surface area contributed by atoms with Gasteiger partial charge in [0.25, 0.3) is 0 Å². The summed E-state index contributed by atoms with van der Waals surface area (Å²) >= 11 is 0. The van der Waals surface area contributed by atoms with E-state index in [2.05, 4.69) is 10.3 Å². The van der Waals surface area contributed by atoms with Crippen LogP contribution in [0.4, 0.5) is 0 Å². The number of benzene rings is 2. The lowest BCUT2D eigenvalue weighted by atomic mass is 10.1. The topological polar surface area (TPSA) is 85.9 Å². The molecule has 3 rings (SSSR count). The Balaban J connectivity index is 1.67. The van der Waals surface area contributed by atoms with E-state index in [0.29, 0.717) is 11.6 Å². The molecule has 138 valence electrons. The van der Waals surface area contributed by atoms with E-state index >= 15 is 0 Å². The van der Waals surface area contributed by atoms with Crippen LogP contribution >= 0.6 is 0 Å². The average Bonchev–Trinajstić information content (AvgIpc) is 2.93. The maximum absolute atomic E-state index is 10.9. The van der Waals surface area contributed by atoms with Crippen molar-refractivity contribution in [2.45, 2.75) is 13.5 Å². The predicted octanol–water partition coefficient (Wildman–Crippen LogP) is 3.77. The maximum atomic E-state index is 10.9. The second-order valence-electron chi connectivity index (χ2n) is 5.85. The largest absolute Gasteiger partial charge is 0.478 e. The minimum atomic E-state index is -0.960. The maximum Gasteiger partial charge on any atom is 0.335 e. The van der Waals surface area contributed by atoms with Crippen molar-refractivity contribution < 1.29 is 19.5 Å². The summed E-state index contributed by atoms with van der Waals surface area (Å²) < 4.78 is 7.56. The molecule has 0 fully saturated rings. The minimum absolute atomic E-state index is 0.227. The molecule has 0 amide bonds. The molecule has 0 spiro atoms. The highest BCUT2D eigenvalue weighted by molar-refractivity contribution is 5.87. The van der Waals surface area contributed by atoms with Crippen LogP contribution in [0.2, 0.25) is 0 Å². The number of carbonyl (C=O) groups is 1. The molecule has 0 atom stereocenters. The molecule has 3 aromatic rings. The van der Waals surface area contributed by atoms with Crippen LogP contribution in [0.1, 0.15) is 27.2 Å². The van der Waals surface area contributed by atoms with Gasteiger partial charge in [-0.1, -0.05) is 35.5 Å². The number of aryl methyl sites for hydroxylation is 2. The molecule has 7 nitrogen and oxygen atoms in total. The lowest BCUT2D eigenvalue weighted by Gasteiger charge is -2.06. The van der Waals surface area contributed by atoms with E-state index in [1.54, 1.807) is 30.1 Å². The van der Waals surface area contributed by atoms with E-state index in [9.17, 15) is 4.79 Å². The van der Waals surface area contributed by atoms with Gasteiger partial charge in [-0.15, -0.1) is 0 Å².